The van der Waals surface area contributed by atoms with Gasteiger partial charge in [-0.2, -0.15) is 0 Å². The predicted molar refractivity (Wildman–Crippen MR) is 100 cm³/mol. The van der Waals surface area contributed by atoms with Crippen LogP contribution in [0.4, 0.5) is 14.9 Å². The van der Waals surface area contributed by atoms with Crippen LogP contribution in [-0.4, -0.2) is 38.2 Å². The highest BCUT2D eigenvalue weighted by atomic mass is 19.1. The Morgan fingerprint density at radius 1 is 1.26 bits per heavy atom. The first-order valence-electron chi connectivity index (χ1n) is 8.79. The number of hydrogen-bond donors (Lipinski definition) is 2. The van der Waals surface area contributed by atoms with Crippen LogP contribution < -0.4 is 20.3 Å². The minimum Gasteiger partial charge on any atom is -0.496 e. The molecule has 7 heteroatoms. The minimum absolute atomic E-state index is 0.139. The number of nitrogens with zero attached hydrogens (tertiary/aromatic N) is 1. The number of benzene rings is 2. The molecule has 3 amide bonds. The second kappa shape index (κ2) is 8.53. The van der Waals surface area contributed by atoms with Crippen molar-refractivity contribution in [2.75, 3.05) is 25.1 Å². The lowest BCUT2D eigenvalue weighted by Gasteiger charge is -2.17. The number of amides is 3. The molecule has 0 radical (unpaired) electrons. The summed E-state index contributed by atoms with van der Waals surface area (Å²) in [5.74, 6) is 0.248. The van der Waals surface area contributed by atoms with E-state index < -0.39 is 5.82 Å². The molecule has 0 bridgehead atoms. The number of halogens is 1. The molecule has 2 aromatic carbocycles. The van der Waals surface area contributed by atoms with Crippen LogP contribution >= 0.6 is 0 Å². The second-order valence-electron chi connectivity index (χ2n) is 6.35. The maximum Gasteiger partial charge on any atom is 0.315 e. The van der Waals surface area contributed by atoms with Crippen molar-refractivity contribution >= 4 is 17.6 Å². The van der Waals surface area contributed by atoms with Gasteiger partial charge in [-0.1, -0.05) is 24.3 Å². The van der Waals surface area contributed by atoms with Crippen LogP contribution in [0.1, 0.15) is 12.0 Å². The highest BCUT2D eigenvalue weighted by molar-refractivity contribution is 5.96. The van der Waals surface area contributed by atoms with Crippen LogP contribution in [0.25, 0.3) is 0 Å². The molecule has 1 fully saturated rings. The van der Waals surface area contributed by atoms with E-state index in [1.165, 1.54) is 17.0 Å². The highest BCUT2D eigenvalue weighted by Crippen LogP contribution is 2.22. The van der Waals surface area contributed by atoms with Crippen molar-refractivity contribution in [3.63, 3.8) is 0 Å². The highest BCUT2D eigenvalue weighted by Gasteiger charge is 2.31. The Labute approximate surface area is 157 Å². The second-order valence-corrected chi connectivity index (χ2v) is 6.35. The Kier molecular flexibility index (Phi) is 5.90. The molecule has 1 atom stereocenters. The number of carbonyl (C=O) groups excluding carboxylic acids is 2. The first-order chi connectivity index (χ1) is 13.1. The summed E-state index contributed by atoms with van der Waals surface area (Å²) >= 11 is 0. The average Bonchev–Trinajstić information content (AvgIpc) is 3.02. The Morgan fingerprint density at radius 3 is 2.85 bits per heavy atom. The van der Waals surface area contributed by atoms with Gasteiger partial charge in [0.1, 0.15) is 11.6 Å². The van der Waals surface area contributed by atoms with Crippen molar-refractivity contribution in [2.24, 2.45) is 0 Å². The first-order valence-corrected chi connectivity index (χ1v) is 8.79. The Morgan fingerprint density at radius 2 is 2.07 bits per heavy atom. The number of rotatable bonds is 6. The van der Waals surface area contributed by atoms with E-state index in [9.17, 15) is 14.0 Å². The van der Waals surface area contributed by atoms with Crippen LogP contribution in [0, 0.1) is 5.82 Å². The molecule has 1 heterocycles. The van der Waals surface area contributed by atoms with E-state index >= 15 is 0 Å². The van der Waals surface area contributed by atoms with Gasteiger partial charge in [0.15, 0.2) is 0 Å². The summed E-state index contributed by atoms with van der Waals surface area (Å²) in [7, 11) is 1.61. The molecule has 142 valence electrons. The summed E-state index contributed by atoms with van der Waals surface area (Å²) in [4.78, 5) is 25.8. The molecular weight excluding hydrogens is 349 g/mol. The van der Waals surface area contributed by atoms with Gasteiger partial charge in [0.25, 0.3) is 0 Å². The lowest BCUT2D eigenvalue weighted by atomic mass is 10.1. The fraction of sp³-hybridized carbons (Fsp3) is 0.300. The molecule has 0 spiro atoms. The molecule has 27 heavy (non-hydrogen) atoms. The molecule has 1 aliphatic rings. The van der Waals surface area contributed by atoms with E-state index in [-0.39, 0.29) is 24.4 Å². The molecule has 1 aliphatic heterocycles. The zero-order valence-corrected chi connectivity index (χ0v) is 15.1. The third-order valence-corrected chi connectivity index (χ3v) is 4.45. The van der Waals surface area contributed by atoms with Crippen molar-refractivity contribution < 1.29 is 18.7 Å². The van der Waals surface area contributed by atoms with Crippen molar-refractivity contribution in [3.8, 4) is 5.75 Å². The van der Waals surface area contributed by atoms with Crippen LogP contribution in [0.2, 0.25) is 0 Å². The van der Waals surface area contributed by atoms with Gasteiger partial charge in [0.05, 0.1) is 13.2 Å². The number of carbonyl (C=O) groups is 2. The average molecular weight is 371 g/mol. The summed E-state index contributed by atoms with van der Waals surface area (Å²) in [5.41, 5.74) is 1.51. The zero-order chi connectivity index (χ0) is 19.2. The molecule has 6 nitrogen and oxygen atoms in total. The normalized spacial score (nSPS) is 16.3. The molecule has 0 saturated carbocycles. The van der Waals surface area contributed by atoms with E-state index in [0.717, 1.165) is 11.3 Å². The van der Waals surface area contributed by atoms with E-state index in [1.54, 1.807) is 19.2 Å². The van der Waals surface area contributed by atoms with Crippen molar-refractivity contribution in [2.45, 2.75) is 18.9 Å². The molecule has 0 aromatic heterocycles. The van der Waals surface area contributed by atoms with Gasteiger partial charge in [-0.05, 0) is 36.2 Å². The molecule has 2 aromatic rings. The van der Waals surface area contributed by atoms with Gasteiger partial charge in [-0.3, -0.25) is 4.79 Å². The zero-order valence-electron chi connectivity index (χ0n) is 15.1. The van der Waals surface area contributed by atoms with E-state index in [1.807, 2.05) is 24.3 Å². The summed E-state index contributed by atoms with van der Waals surface area (Å²) in [6, 6.07) is 12.9. The molecule has 2 N–H and O–H groups in total. The maximum absolute atomic E-state index is 13.4. The van der Waals surface area contributed by atoms with Crippen LogP contribution in [0.5, 0.6) is 5.75 Å². The molecule has 0 unspecified atom stereocenters. The van der Waals surface area contributed by atoms with Gasteiger partial charge in [0, 0.05) is 25.2 Å². The topological polar surface area (TPSA) is 70.7 Å². The van der Waals surface area contributed by atoms with E-state index in [2.05, 4.69) is 10.6 Å². The minimum atomic E-state index is -0.397. The summed E-state index contributed by atoms with van der Waals surface area (Å²) in [6.45, 7) is 0.767. The van der Waals surface area contributed by atoms with Crippen molar-refractivity contribution in [1.82, 2.24) is 10.6 Å². The maximum atomic E-state index is 13.4. The summed E-state index contributed by atoms with van der Waals surface area (Å²) in [5, 5.41) is 5.59. The standard InChI is InChI=1S/C20H22FN3O3/c1-27-18-8-3-2-5-14(18)9-10-22-20(26)23-16-12-19(25)24(13-16)17-7-4-6-15(21)11-17/h2-8,11,16H,9-10,12-13H2,1H3,(H2,22,23,26)/t16-/m0/s1. The van der Waals surface area contributed by atoms with E-state index in [0.29, 0.717) is 25.2 Å². The van der Waals surface area contributed by atoms with Gasteiger partial charge >= 0.3 is 6.03 Å². The predicted octanol–water partition coefficient (Wildman–Crippen LogP) is 2.48. The number of hydrogen-bond acceptors (Lipinski definition) is 3. The number of methoxy groups -OCH3 is 1. The third kappa shape index (κ3) is 4.75. The molecule has 1 saturated heterocycles. The number of para-hydroxylation sites is 1. The van der Waals surface area contributed by atoms with Crippen LogP contribution in [0.15, 0.2) is 48.5 Å². The Balaban J connectivity index is 1.48. The fourth-order valence-corrected chi connectivity index (χ4v) is 3.15. The fourth-order valence-electron chi connectivity index (χ4n) is 3.15. The largest absolute Gasteiger partial charge is 0.496 e. The van der Waals surface area contributed by atoms with E-state index in [4.69, 9.17) is 4.74 Å². The van der Waals surface area contributed by atoms with Crippen LogP contribution in [0.3, 0.4) is 0 Å². The van der Waals surface area contributed by atoms with Gasteiger partial charge in [-0.15, -0.1) is 0 Å². The lowest BCUT2D eigenvalue weighted by Crippen LogP contribution is -2.44. The summed E-state index contributed by atoms with van der Waals surface area (Å²) < 4.78 is 18.6. The monoisotopic (exact) mass is 371 g/mol. The van der Waals surface area contributed by atoms with Gasteiger partial charge in [-0.25, -0.2) is 9.18 Å². The Bertz CT molecular complexity index is 828. The molecule has 3 rings (SSSR count). The first kappa shape index (κ1) is 18.7. The molecular formula is C20H22FN3O3. The smallest absolute Gasteiger partial charge is 0.315 e. The van der Waals surface area contributed by atoms with Crippen molar-refractivity contribution in [3.05, 3.63) is 59.9 Å². The molecule has 0 aliphatic carbocycles. The third-order valence-electron chi connectivity index (χ3n) is 4.45. The number of anilines is 1. The summed E-state index contributed by atoms with van der Waals surface area (Å²) in [6.07, 6.45) is 0.826. The quantitative estimate of drug-likeness (QED) is 0.820. The SMILES string of the molecule is COc1ccccc1CCNC(=O)N[C@H]1CC(=O)N(c2cccc(F)c2)C1. The number of ether oxygens (including phenoxy) is 1. The number of nitrogens with one attached hydrogen (secondary N) is 2. The lowest BCUT2D eigenvalue weighted by molar-refractivity contribution is -0.117. The van der Waals surface area contributed by atoms with Crippen LogP contribution in [-0.2, 0) is 11.2 Å². The van der Waals surface area contributed by atoms with Crippen molar-refractivity contribution in [1.29, 1.82) is 0 Å². The Hall–Kier alpha value is -3.09. The van der Waals surface area contributed by atoms with Gasteiger partial charge in [0.2, 0.25) is 5.91 Å². The van der Waals surface area contributed by atoms with Gasteiger partial charge < -0.3 is 20.3 Å². The number of urea groups is 1.